The molecule has 0 saturated heterocycles. The number of methoxy groups -OCH3 is 1. The van der Waals surface area contributed by atoms with E-state index in [0.29, 0.717) is 22.0 Å². The zero-order valence-electron chi connectivity index (χ0n) is 10.3. The summed E-state index contributed by atoms with van der Waals surface area (Å²) in [6.07, 6.45) is 1.31. The fourth-order valence-electron chi connectivity index (χ4n) is 1.80. The molecule has 0 bridgehead atoms. The monoisotopic (exact) mass is 265 g/mol. The minimum absolute atomic E-state index is 0.333. The lowest BCUT2D eigenvalue weighted by atomic mass is 10.2. The average Bonchev–Trinajstić information content (AvgIpc) is 2.57. The predicted octanol–water partition coefficient (Wildman–Crippen LogP) is 2.48. The van der Waals surface area contributed by atoms with Crippen LogP contribution in [0.1, 0.15) is 12.5 Å². The summed E-state index contributed by atoms with van der Waals surface area (Å²) in [5, 5.41) is 0.527. The largest absolute Gasteiger partial charge is 0.494 e. The highest BCUT2D eigenvalue weighted by atomic mass is 35.5. The van der Waals surface area contributed by atoms with Gasteiger partial charge in [-0.3, -0.25) is 9.59 Å². The van der Waals surface area contributed by atoms with E-state index in [1.807, 2.05) is 0 Å². The molecule has 94 valence electrons. The van der Waals surface area contributed by atoms with Crippen LogP contribution in [0, 0.1) is 6.92 Å². The third-order valence-electron chi connectivity index (χ3n) is 2.80. The number of imide groups is 1. The van der Waals surface area contributed by atoms with E-state index >= 15 is 0 Å². The summed E-state index contributed by atoms with van der Waals surface area (Å²) < 4.78 is 5.17. The second-order valence-electron chi connectivity index (χ2n) is 4.08. The van der Waals surface area contributed by atoms with Crippen LogP contribution in [0.2, 0.25) is 5.02 Å². The molecule has 0 saturated carbocycles. The van der Waals surface area contributed by atoms with Gasteiger partial charge in [-0.1, -0.05) is 11.6 Å². The summed E-state index contributed by atoms with van der Waals surface area (Å²) in [6, 6.07) is 3.27. The van der Waals surface area contributed by atoms with Crippen molar-refractivity contribution in [2.45, 2.75) is 13.8 Å². The van der Waals surface area contributed by atoms with Gasteiger partial charge in [0.15, 0.2) is 0 Å². The van der Waals surface area contributed by atoms with E-state index in [2.05, 4.69) is 0 Å². The topological polar surface area (TPSA) is 46.6 Å². The van der Waals surface area contributed by atoms with E-state index in [1.54, 1.807) is 26.0 Å². The first kappa shape index (κ1) is 12.6. The van der Waals surface area contributed by atoms with Crippen LogP contribution in [-0.2, 0) is 9.59 Å². The van der Waals surface area contributed by atoms with Gasteiger partial charge in [0.05, 0.1) is 12.8 Å². The van der Waals surface area contributed by atoms with Gasteiger partial charge >= 0.3 is 0 Å². The number of hydrogen-bond acceptors (Lipinski definition) is 3. The third-order valence-corrected chi connectivity index (χ3v) is 3.21. The number of amides is 2. The molecule has 0 spiro atoms. The molecule has 1 aromatic rings. The normalized spacial score (nSPS) is 15.1. The van der Waals surface area contributed by atoms with Gasteiger partial charge in [-0.05, 0) is 25.5 Å². The smallest absolute Gasteiger partial charge is 0.261 e. The SMILES string of the molecule is COc1cc(Cl)c(C)cc1N1C(=O)C=C(C)C1=O. The second kappa shape index (κ2) is 4.46. The van der Waals surface area contributed by atoms with Gasteiger partial charge in [-0.2, -0.15) is 0 Å². The fourth-order valence-corrected chi connectivity index (χ4v) is 1.96. The zero-order valence-corrected chi connectivity index (χ0v) is 11.0. The Morgan fingerprint density at radius 2 is 1.89 bits per heavy atom. The lowest BCUT2D eigenvalue weighted by molar-refractivity contribution is -0.120. The molecule has 0 radical (unpaired) electrons. The number of halogens is 1. The van der Waals surface area contributed by atoms with Crippen molar-refractivity contribution in [3.8, 4) is 5.75 Å². The van der Waals surface area contributed by atoms with E-state index < -0.39 is 0 Å². The van der Waals surface area contributed by atoms with Gasteiger partial charge in [-0.15, -0.1) is 0 Å². The predicted molar refractivity (Wildman–Crippen MR) is 69.0 cm³/mol. The Balaban J connectivity index is 2.55. The Labute approximate surface area is 110 Å². The molecule has 0 atom stereocenters. The lowest BCUT2D eigenvalue weighted by Crippen LogP contribution is -2.31. The average molecular weight is 266 g/mol. The van der Waals surface area contributed by atoms with E-state index in [4.69, 9.17) is 16.3 Å². The molecule has 0 fully saturated rings. The molecule has 4 nitrogen and oxygen atoms in total. The number of hydrogen-bond donors (Lipinski definition) is 0. The first-order valence-electron chi connectivity index (χ1n) is 5.36. The minimum Gasteiger partial charge on any atom is -0.494 e. The van der Waals surface area contributed by atoms with Crippen molar-refractivity contribution in [2.75, 3.05) is 12.0 Å². The van der Waals surface area contributed by atoms with Crippen LogP contribution < -0.4 is 9.64 Å². The molecule has 18 heavy (non-hydrogen) atoms. The molecule has 0 unspecified atom stereocenters. The van der Waals surface area contributed by atoms with Crippen LogP contribution in [-0.4, -0.2) is 18.9 Å². The van der Waals surface area contributed by atoms with Gasteiger partial charge < -0.3 is 4.74 Å². The molecule has 2 amide bonds. The molecule has 0 aliphatic carbocycles. The number of nitrogens with zero attached hydrogens (tertiary/aromatic N) is 1. The number of carbonyl (C=O) groups is 2. The van der Waals surface area contributed by atoms with Gasteiger partial charge in [0.25, 0.3) is 11.8 Å². The van der Waals surface area contributed by atoms with Crippen molar-refractivity contribution in [1.82, 2.24) is 0 Å². The highest BCUT2D eigenvalue weighted by molar-refractivity contribution is 6.33. The summed E-state index contributed by atoms with van der Waals surface area (Å²) in [6.45, 7) is 3.41. The molecule has 1 heterocycles. The van der Waals surface area contributed by atoms with Crippen LogP contribution in [0.15, 0.2) is 23.8 Å². The van der Waals surface area contributed by atoms with Crippen molar-refractivity contribution in [3.63, 3.8) is 0 Å². The molecule has 1 aliphatic heterocycles. The maximum Gasteiger partial charge on any atom is 0.261 e. The Morgan fingerprint density at radius 1 is 1.22 bits per heavy atom. The highest BCUT2D eigenvalue weighted by Crippen LogP contribution is 2.36. The van der Waals surface area contributed by atoms with E-state index in [-0.39, 0.29) is 11.8 Å². The first-order chi connectivity index (χ1) is 8.45. The summed E-state index contributed by atoms with van der Waals surface area (Å²) in [7, 11) is 1.47. The Morgan fingerprint density at radius 3 is 2.39 bits per heavy atom. The summed E-state index contributed by atoms with van der Waals surface area (Å²) in [5.74, 6) is -0.298. The molecule has 1 aromatic carbocycles. The Hall–Kier alpha value is -1.81. The maximum atomic E-state index is 11.9. The lowest BCUT2D eigenvalue weighted by Gasteiger charge is -2.19. The quantitative estimate of drug-likeness (QED) is 0.772. The number of rotatable bonds is 2. The van der Waals surface area contributed by atoms with Crippen molar-refractivity contribution in [2.24, 2.45) is 0 Å². The molecule has 1 aliphatic rings. The van der Waals surface area contributed by atoms with Gasteiger partial charge in [0, 0.05) is 22.7 Å². The number of anilines is 1. The fraction of sp³-hybridized carbons (Fsp3) is 0.231. The van der Waals surface area contributed by atoms with Gasteiger partial charge in [0.1, 0.15) is 5.75 Å². The van der Waals surface area contributed by atoms with Crippen molar-refractivity contribution in [3.05, 3.63) is 34.4 Å². The summed E-state index contributed by atoms with van der Waals surface area (Å²) in [5.41, 5.74) is 1.61. The van der Waals surface area contributed by atoms with Crippen LogP contribution in [0.5, 0.6) is 5.75 Å². The summed E-state index contributed by atoms with van der Waals surface area (Å²) >= 11 is 5.99. The molecule has 0 aromatic heterocycles. The first-order valence-corrected chi connectivity index (χ1v) is 5.74. The van der Waals surface area contributed by atoms with Crippen LogP contribution in [0.4, 0.5) is 5.69 Å². The summed E-state index contributed by atoms with van der Waals surface area (Å²) in [4.78, 5) is 24.8. The molecule has 5 heteroatoms. The van der Waals surface area contributed by atoms with Gasteiger partial charge in [-0.25, -0.2) is 4.90 Å². The zero-order chi connectivity index (χ0) is 13.4. The second-order valence-corrected chi connectivity index (χ2v) is 4.49. The molecule has 0 N–H and O–H groups in total. The van der Waals surface area contributed by atoms with Crippen molar-refractivity contribution >= 4 is 29.1 Å². The molecule has 2 rings (SSSR count). The Kier molecular flexibility index (Phi) is 3.13. The van der Waals surface area contributed by atoms with Crippen LogP contribution in [0.25, 0.3) is 0 Å². The maximum absolute atomic E-state index is 11.9. The van der Waals surface area contributed by atoms with Gasteiger partial charge in [0.2, 0.25) is 0 Å². The number of benzene rings is 1. The highest BCUT2D eigenvalue weighted by Gasteiger charge is 2.32. The van der Waals surface area contributed by atoms with Crippen LogP contribution in [0.3, 0.4) is 0 Å². The third kappa shape index (κ3) is 1.88. The molecular formula is C13H12ClNO3. The van der Waals surface area contributed by atoms with Crippen molar-refractivity contribution in [1.29, 1.82) is 0 Å². The number of carbonyl (C=O) groups excluding carboxylic acids is 2. The van der Waals surface area contributed by atoms with Crippen LogP contribution >= 0.6 is 11.6 Å². The van der Waals surface area contributed by atoms with E-state index in [1.165, 1.54) is 13.2 Å². The Bertz CT molecular complexity index is 578. The van der Waals surface area contributed by atoms with E-state index in [9.17, 15) is 9.59 Å². The molecular weight excluding hydrogens is 254 g/mol. The van der Waals surface area contributed by atoms with Crippen molar-refractivity contribution < 1.29 is 14.3 Å². The number of aryl methyl sites for hydroxylation is 1. The number of ether oxygens (including phenoxy) is 1. The minimum atomic E-state index is -0.363. The van der Waals surface area contributed by atoms with E-state index in [0.717, 1.165) is 10.5 Å². The standard InChI is InChI=1S/C13H12ClNO3/c1-7-4-10(11(18-3)6-9(7)14)15-12(16)5-8(2)13(15)17/h4-6H,1-3H3.